The van der Waals surface area contributed by atoms with Gasteiger partial charge in [0.2, 0.25) is 0 Å². The van der Waals surface area contributed by atoms with Gasteiger partial charge in [0.1, 0.15) is 31.1 Å². The van der Waals surface area contributed by atoms with Crippen LogP contribution in [0.1, 0.15) is 44.4 Å². The van der Waals surface area contributed by atoms with Crippen molar-refractivity contribution in [3.05, 3.63) is 32.6 Å². The zero-order chi connectivity index (χ0) is 27.0. The predicted octanol–water partition coefficient (Wildman–Crippen LogP) is 1.21. The van der Waals surface area contributed by atoms with Crippen molar-refractivity contribution in [1.29, 1.82) is 0 Å². The summed E-state index contributed by atoms with van der Waals surface area (Å²) in [7, 11) is 0. The van der Waals surface area contributed by atoms with E-state index in [0.717, 1.165) is 39.1 Å². The Morgan fingerprint density at radius 2 is 1.92 bits per heavy atom. The molecule has 37 heavy (non-hydrogen) atoms. The molecule has 0 spiro atoms. The Hall–Kier alpha value is -2.66. The standard InChI is InChI=1S/C24H33F3N4O6/c1-3-5-6-7-29-8-10-30(11-9-29)15-21(32)36-16-19-18(35-12-4-2)13-20(37-19)31-14-17(24(25,26)27)22(33)28-23(31)34/h2,14,18-20H,3,5-13,15-16H2,1H3,(H,28,33,34)/t18-,19+,20+/m0/s1. The van der Waals surface area contributed by atoms with Crippen molar-refractivity contribution in [1.82, 2.24) is 19.4 Å². The molecule has 1 aromatic heterocycles. The smallest absolute Gasteiger partial charge is 0.423 e. The molecular formula is C24H33F3N4O6. The zero-order valence-corrected chi connectivity index (χ0v) is 20.8. The third-order valence-corrected chi connectivity index (χ3v) is 6.45. The number of halogens is 3. The van der Waals surface area contributed by atoms with Crippen molar-refractivity contribution < 1.29 is 32.2 Å². The van der Waals surface area contributed by atoms with Gasteiger partial charge in [0.15, 0.2) is 0 Å². The number of unbranched alkanes of at least 4 members (excludes halogenated alkanes) is 2. The van der Waals surface area contributed by atoms with E-state index in [1.165, 1.54) is 12.8 Å². The third kappa shape index (κ3) is 8.16. The number of terminal acetylenes is 1. The molecule has 13 heteroatoms. The van der Waals surface area contributed by atoms with E-state index in [1.807, 2.05) is 4.90 Å². The minimum atomic E-state index is -4.96. The molecule has 10 nitrogen and oxygen atoms in total. The lowest BCUT2D eigenvalue weighted by molar-refractivity contribution is -0.153. The topological polar surface area (TPSA) is 106 Å². The second kappa shape index (κ2) is 13.2. The van der Waals surface area contributed by atoms with Crippen LogP contribution in [0.2, 0.25) is 0 Å². The number of nitrogens with one attached hydrogen (secondary N) is 1. The minimum absolute atomic E-state index is 0.0346. The van der Waals surface area contributed by atoms with Gasteiger partial charge in [-0.05, 0) is 13.0 Å². The second-order valence-corrected chi connectivity index (χ2v) is 9.13. The Bertz CT molecular complexity index is 1060. The highest BCUT2D eigenvalue weighted by Gasteiger charge is 2.40. The maximum atomic E-state index is 13.2. The van der Waals surface area contributed by atoms with E-state index < -0.39 is 47.4 Å². The Labute approximate surface area is 212 Å². The van der Waals surface area contributed by atoms with Crippen LogP contribution >= 0.6 is 0 Å². The maximum absolute atomic E-state index is 13.2. The molecule has 1 aromatic rings. The fraction of sp³-hybridized carbons (Fsp3) is 0.708. The van der Waals surface area contributed by atoms with E-state index >= 15 is 0 Å². The van der Waals surface area contributed by atoms with Crippen LogP contribution in [0.5, 0.6) is 0 Å². The SMILES string of the molecule is C#CCO[C@H]1C[C@H](n2cc(C(F)(F)F)c(=O)[nH]c2=O)O[C@@H]1COC(=O)CN1CCN(CCCCC)CC1. The summed E-state index contributed by atoms with van der Waals surface area (Å²) in [5, 5.41) is 0. The minimum Gasteiger partial charge on any atom is -0.462 e. The molecule has 3 atom stereocenters. The van der Waals surface area contributed by atoms with Crippen LogP contribution in [0.4, 0.5) is 13.2 Å². The number of aromatic nitrogens is 2. The fourth-order valence-electron chi connectivity index (χ4n) is 4.41. The number of alkyl halides is 3. The first-order valence-electron chi connectivity index (χ1n) is 12.4. The van der Waals surface area contributed by atoms with Crippen LogP contribution in [-0.4, -0.2) is 90.0 Å². The number of hydrogen-bond donors (Lipinski definition) is 1. The summed E-state index contributed by atoms with van der Waals surface area (Å²) >= 11 is 0. The number of ether oxygens (including phenoxy) is 3. The van der Waals surface area contributed by atoms with Gasteiger partial charge in [-0.15, -0.1) is 6.42 Å². The van der Waals surface area contributed by atoms with Crippen molar-refractivity contribution in [2.75, 3.05) is 52.5 Å². The third-order valence-electron chi connectivity index (χ3n) is 6.45. The molecule has 1 N–H and O–H groups in total. The lowest BCUT2D eigenvalue weighted by Crippen LogP contribution is -2.48. The van der Waals surface area contributed by atoms with E-state index in [9.17, 15) is 27.6 Å². The number of aromatic amines is 1. The van der Waals surface area contributed by atoms with E-state index in [-0.39, 0.29) is 26.2 Å². The van der Waals surface area contributed by atoms with Crippen LogP contribution in [0.25, 0.3) is 0 Å². The van der Waals surface area contributed by atoms with Crippen LogP contribution in [0.3, 0.4) is 0 Å². The van der Waals surface area contributed by atoms with E-state index in [4.69, 9.17) is 20.6 Å². The first-order valence-corrected chi connectivity index (χ1v) is 12.4. The molecule has 0 bridgehead atoms. The average Bonchev–Trinajstić information content (AvgIpc) is 3.24. The van der Waals surface area contributed by atoms with Gasteiger partial charge in [-0.25, -0.2) is 4.79 Å². The summed E-state index contributed by atoms with van der Waals surface area (Å²) in [6.07, 6.45) is 1.40. The molecule has 2 aliphatic heterocycles. The number of H-pyrrole nitrogens is 1. The number of carbonyl (C=O) groups is 1. The van der Waals surface area contributed by atoms with Crippen molar-refractivity contribution in [3.63, 3.8) is 0 Å². The summed E-state index contributed by atoms with van der Waals surface area (Å²) in [6.45, 7) is 6.21. The number of piperazine rings is 1. The maximum Gasteiger partial charge on any atom is 0.423 e. The Balaban J connectivity index is 1.57. The first-order chi connectivity index (χ1) is 17.6. The molecule has 0 radical (unpaired) electrons. The molecule has 3 heterocycles. The number of rotatable bonds is 11. The van der Waals surface area contributed by atoms with Crippen LogP contribution in [0, 0.1) is 12.3 Å². The summed E-state index contributed by atoms with van der Waals surface area (Å²) in [6, 6.07) is 0. The Morgan fingerprint density at radius 1 is 1.22 bits per heavy atom. The summed E-state index contributed by atoms with van der Waals surface area (Å²) in [4.78, 5) is 42.3. The molecule has 2 saturated heterocycles. The van der Waals surface area contributed by atoms with Crippen molar-refractivity contribution in [2.45, 2.75) is 57.2 Å². The molecule has 3 rings (SSSR count). The molecule has 0 aromatic carbocycles. The molecule has 0 amide bonds. The predicted molar refractivity (Wildman–Crippen MR) is 127 cm³/mol. The van der Waals surface area contributed by atoms with Gasteiger partial charge >= 0.3 is 17.8 Å². The number of nitrogens with zero attached hydrogens (tertiary/aromatic N) is 3. The van der Waals surface area contributed by atoms with Crippen LogP contribution in [-0.2, 0) is 25.2 Å². The average molecular weight is 531 g/mol. The van der Waals surface area contributed by atoms with Gasteiger partial charge in [-0.2, -0.15) is 13.2 Å². The van der Waals surface area contributed by atoms with Crippen molar-refractivity contribution in [2.24, 2.45) is 0 Å². The lowest BCUT2D eigenvalue weighted by Gasteiger charge is -2.34. The number of carbonyl (C=O) groups excluding carboxylic acids is 1. The van der Waals surface area contributed by atoms with Gasteiger partial charge in [0, 0.05) is 38.8 Å². The van der Waals surface area contributed by atoms with Gasteiger partial charge in [-0.3, -0.25) is 24.0 Å². The first kappa shape index (κ1) is 28.9. The molecule has 2 aliphatic rings. The van der Waals surface area contributed by atoms with E-state index in [1.54, 1.807) is 4.98 Å². The number of hydrogen-bond acceptors (Lipinski definition) is 8. The molecule has 0 aliphatic carbocycles. The molecular weight excluding hydrogens is 497 g/mol. The molecule has 0 unspecified atom stereocenters. The normalized spacial score (nSPS) is 23.2. The van der Waals surface area contributed by atoms with Crippen molar-refractivity contribution in [3.8, 4) is 12.3 Å². The second-order valence-electron chi connectivity index (χ2n) is 9.13. The van der Waals surface area contributed by atoms with Crippen LogP contribution in [0.15, 0.2) is 15.8 Å². The highest BCUT2D eigenvalue weighted by atomic mass is 19.4. The summed E-state index contributed by atoms with van der Waals surface area (Å²) in [5.74, 6) is 1.83. The monoisotopic (exact) mass is 530 g/mol. The Kier molecular flexibility index (Phi) is 10.3. The van der Waals surface area contributed by atoms with Gasteiger partial charge in [0.05, 0.1) is 12.6 Å². The largest absolute Gasteiger partial charge is 0.462 e. The fourth-order valence-corrected chi connectivity index (χ4v) is 4.41. The molecule has 206 valence electrons. The quantitative estimate of drug-likeness (QED) is 0.259. The van der Waals surface area contributed by atoms with E-state index in [2.05, 4.69) is 17.7 Å². The molecule has 2 fully saturated rings. The van der Waals surface area contributed by atoms with Gasteiger partial charge in [-0.1, -0.05) is 25.7 Å². The Morgan fingerprint density at radius 3 is 2.57 bits per heavy atom. The number of esters is 1. The zero-order valence-electron chi connectivity index (χ0n) is 20.8. The highest BCUT2D eigenvalue weighted by molar-refractivity contribution is 5.71. The van der Waals surface area contributed by atoms with Crippen LogP contribution < -0.4 is 11.2 Å². The van der Waals surface area contributed by atoms with E-state index in [0.29, 0.717) is 10.8 Å². The summed E-state index contributed by atoms with van der Waals surface area (Å²) in [5.41, 5.74) is -4.14. The lowest BCUT2D eigenvalue weighted by atomic mass is 10.2. The van der Waals surface area contributed by atoms with Crippen molar-refractivity contribution >= 4 is 5.97 Å². The highest BCUT2D eigenvalue weighted by Crippen LogP contribution is 2.32. The summed E-state index contributed by atoms with van der Waals surface area (Å²) < 4.78 is 56.8. The molecule has 0 saturated carbocycles. The van der Waals surface area contributed by atoms with Gasteiger partial charge in [0.25, 0.3) is 5.56 Å². The van der Waals surface area contributed by atoms with Gasteiger partial charge < -0.3 is 19.1 Å².